The molecule has 0 amide bonds. The molecule has 0 aliphatic carbocycles. The first-order valence-corrected chi connectivity index (χ1v) is 15.2. The largest absolute Gasteiger partial charge is 2.00 e. The molecule has 0 bridgehead atoms. The van der Waals surface area contributed by atoms with Crippen molar-refractivity contribution in [1.82, 2.24) is 9.97 Å². The van der Waals surface area contributed by atoms with Gasteiger partial charge in [0.25, 0.3) is 0 Å². The van der Waals surface area contributed by atoms with Crippen LogP contribution in [-0.2, 0) is 21.1 Å². The first-order valence-electron chi connectivity index (χ1n) is 15.2. The van der Waals surface area contributed by atoms with Crippen LogP contribution >= 0.6 is 0 Å². The van der Waals surface area contributed by atoms with Gasteiger partial charge in [0.1, 0.15) is 0 Å². The fourth-order valence-corrected chi connectivity index (χ4v) is 5.36. The smallest absolute Gasteiger partial charge is 0.358 e. The predicted octanol–water partition coefficient (Wildman–Crippen LogP) is 12.8. The van der Waals surface area contributed by atoms with Gasteiger partial charge in [-0.15, -0.1) is 0 Å². The standard InChI is InChI=1S/C24H16N2.C15H14.C3H8.2CH3.Pt/c1-3-7-17(8-4-1)19-13-15-25-23-21(19)11-12-22-20(14-16-26-24(22)23)18-9-5-2-6-10-18;1-3-4-7-13-10-11-14-8-5-6-9-15(14)12(13)2;1-3-2;;;/h1-16H;3-11H,1H2,2H3;3H2,1-2H3;2*1H3;/q;;;2*-1;+2/b;7-4-;;;;. The summed E-state index contributed by atoms with van der Waals surface area (Å²) in [6.45, 7) is 10.1. The van der Waals surface area contributed by atoms with Crippen LogP contribution in [0.3, 0.4) is 0 Å². The van der Waals surface area contributed by atoms with Gasteiger partial charge in [-0.25, -0.2) is 0 Å². The number of allylic oxidation sites excluding steroid dienone is 2. The molecule has 0 unspecified atom stereocenters. The third-order valence-corrected chi connectivity index (χ3v) is 7.44. The van der Waals surface area contributed by atoms with Crippen LogP contribution < -0.4 is 0 Å². The Balaban J connectivity index is 0.000000316. The number of hydrogen-bond donors (Lipinski definition) is 0. The molecule has 0 spiro atoms. The van der Waals surface area contributed by atoms with E-state index in [4.69, 9.17) is 0 Å². The molecule has 0 N–H and O–H groups in total. The average Bonchev–Trinajstić information content (AvgIpc) is 3.09. The summed E-state index contributed by atoms with van der Waals surface area (Å²) in [4.78, 5) is 9.34. The SMILES string of the molecule is C=C/C=C\c1ccc2ccccc2c1C.CCC.[CH3-].[CH3-].[Pt+2].c1ccc(-c2ccnc3c2ccc2c(-c4ccccc4)ccnc23)cc1. The molecule has 0 atom stereocenters. The molecule has 0 saturated heterocycles. The van der Waals surface area contributed by atoms with E-state index in [9.17, 15) is 0 Å². The van der Waals surface area contributed by atoms with Crippen molar-refractivity contribution in [2.24, 2.45) is 0 Å². The number of nitrogens with zero attached hydrogens (tertiary/aromatic N) is 2. The topological polar surface area (TPSA) is 25.8 Å². The molecule has 2 heterocycles. The first kappa shape index (κ1) is 38.5. The van der Waals surface area contributed by atoms with Crippen molar-refractivity contribution in [3.63, 3.8) is 0 Å². The van der Waals surface area contributed by atoms with Gasteiger partial charge in [-0.2, -0.15) is 0 Å². The molecule has 0 aliphatic rings. The zero-order valence-electron chi connectivity index (χ0n) is 28.1. The average molecular weight is 796 g/mol. The minimum atomic E-state index is 0. The number of fused-ring (bicyclic) bond motifs is 4. The summed E-state index contributed by atoms with van der Waals surface area (Å²) in [5, 5.41) is 4.88. The van der Waals surface area contributed by atoms with Crippen molar-refractivity contribution in [1.29, 1.82) is 0 Å². The van der Waals surface area contributed by atoms with Crippen LogP contribution in [0.5, 0.6) is 0 Å². The Labute approximate surface area is 296 Å². The zero-order valence-corrected chi connectivity index (χ0v) is 30.3. The molecular formula is C44H44N2Pt. The van der Waals surface area contributed by atoms with E-state index >= 15 is 0 Å². The molecule has 0 saturated carbocycles. The third-order valence-electron chi connectivity index (χ3n) is 7.44. The third kappa shape index (κ3) is 9.00. The maximum absolute atomic E-state index is 4.67. The van der Waals surface area contributed by atoms with Crippen LogP contribution in [0, 0.1) is 21.8 Å². The van der Waals surface area contributed by atoms with Gasteiger partial charge in [0, 0.05) is 23.2 Å². The molecule has 47 heavy (non-hydrogen) atoms. The van der Waals surface area contributed by atoms with Crippen LogP contribution in [-0.4, -0.2) is 9.97 Å². The second kappa shape index (κ2) is 19.1. The van der Waals surface area contributed by atoms with Gasteiger partial charge in [-0.1, -0.05) is 154 Å². The van der Waals surface area contributed by atoms with E-state index in [0.29, 0.717) is 0 Å². The summed E-state index contributed by atoms with van der Waals surface area (Å²) in [7, 11) is 0. The van der Waals surface area contributed by atoms with Crippen LogP contribution in [0.25, 0.3) is 60.9 Å². The van der Waals surface area contributed by atoms with Gasteiger partial charge in [-0.05, 0) is 63.2 Å². The Kier molecular flexibility index (Phi) is 15.7. The summed E-state index contributed by atoms with van der Waals surface area (Å²) in [5.74, 6) is 0. The summed E-state index contributed by atoms with van der Waals surface area (Å²) in [6, 6.07) is 42.1. The van der Waals surface area contributed by atoms with E-state index < -0.39 is 0 Å². The molecule has 240 valence electrons. The zero-order chi connectivity index (χ0) is 30.7. The van der Waals surface area contributed by atoms with E-state index in [0.717, 1.165) is 21.8 Å². The minimum absolute atomic E-state index is 0. The Bertz CT molecular complexity index is 1930. The van der Waals surface area contributed by atoms with Crippen molar-refractivity contribution >= 4 is 38.7 Å². The van der Waals surface area contributed by atoms with Crippen molar-refractivity contribution in [2.75, 3.05) is 0 Å². The van der Waals surface area contributed by atoms with Crippen molar-refractivity contribution in [3.8, 4) is 22.3 Å². The van der Waals surface area contributed by atoms with Crippen molar-refractivity contribution < 1.29 is 21.1 Å². The van der Waals surface area contributed by atoms with E-state index in [1.165, 1.54) is 50.6 Å². The first-order chi connectivity index (χ1) is 21.7. The van der Waals surface area contributed by atoms with Crippen molar-refractivity contribution in [3.05, 3.63) is 178 Å². The summed E-state index contributed by atoms with van der Waals surface area (Å²) in [5.41, 5.74) is 9.23. The maximum Gasteiger partial charge on any atom is 2.00 e. The van der Waals surface area contributed by atoms with Crippen LogP contribution in [0.15, 0.2) is 152 Å². The van der Waals surface area contributed by atoms with Crippen LogP contribution in [0.4, 0.5) is 0 Å². The molecular weight excluding hydrogens is 752 g/mol. The molecule has 7 aromatic rings. The van der Waals surface area contributed by atoms with E-state index in [-0.39, 0.29) is 35.9 Å². The van der Waals surface area contributed by atoms with Crippen LogP contribution in [0.1, 0.15) is 31.4 Å². The number of benzene rings is 5. The van der Waals surface area contributed by atoms with Gasteiger partial charge in [0.2, 0.25) is 0 Å². The molecule has 5 aromatic carbocycles. The van der Waals surface area contributed by atoms with Gasteiger partial charge < -0.3 is 14.9 Å². The molecule has 0 aliphatic heterocycles. The maximum atomic E-state index is 4.67. The molecule has 0 fully saturated rings. The van der Waals surface area contributed by atoms with Crippen LogP contribution in [0.2, 0.25) is 0 Å². The predicted molar refractivity (Wildman–Crippen MR) is 205 cm³/mol. The summed E-state index contributed by atoms with van der Waals surface area (Å²) >= 11 is 0. The second-order valence-corrected chi connectivity index (χ2v) is 10.6. The van der Waals surface area contributed by atoms with Gasteiger partial charge in [0.15, 0.2) is 0 Å². The van der Waals surface area contributed by atoms with Crippen molar-refractivity contribution in [2.45, 2.75) is 27.2 Å². The van der Waals surface area contributed by atoms with Gasteiger partial charge in [-0.3, -0.25) is 9.97 Å². The Morgan fingerprint density at radius 2 is 1.04 bits per heavy atom. The van der Waals surface area contributed by atoms with Gasteiger partial charge in [0.05, 0.1) is 11.0 Å². The number of rotatable bonds is 4. The summed E-state index contributed by atoms with van der Waals surface area (Å²) in [6.07, 6.45) is 10.9. The molecule has 7 rings (SSSR count). The van der Waals surface area contributed by atoms with E-state index in [2.05, 4.69) is 153 Å². The number of aryl methyl sites for hydroxylation is 1. The Hall–Kier alpha value is -4.65. The Morgan fingerprint density at radius 3 is 1.53 bits per heavy atom. The minimum Gasteiger partial charge on any atom is -0.358 e. The monoisotopic (exact) mass is 795 g/mol. The quantitative estimate of drug-likeness (QED) is 0.101. The van der Waals surface area contributed by atoms with E-state index in [1.807, 2.05) is 30.6 Å². The molecule has 2 nitrogen and oxygen atoms in total. The fraction of sp³-hybridized carbons (Fsp3) is 0.0909. The molecule has 3 heteroatoms. The number of hydrogen-bond acceptors (Lipinski definition) is 2. The number of aromatic nitrogens is 2. The normalized spacial score (nSPS) is 10.0. The fourth-order valence-electron chi connectivity index (χ4n) is 5.36. The molecule has 2 aromatic heterocycles. The number of pyridine rings is 2. The molecule has 0 radical (unpaired) electrons. The second-order valence-electron chi connectivity index (χ2n) is 10.6. The van der Waals surface area contributed by atoms with Gasteiger partial charge >= 0.3 is 21.1 Å². The summed E-state index contributed by atoms with van der Waals surface area (Å²) < 4.78 is 0. The van der Waals surface area contributed by atoms with E-state index in [1.54, 1.807) is 6.08 Å². The Morgan fingerprint density at radius 1 is 0.574 bits per heavy atom.